The Balaban J connectivity index is 1.84. The first-order chi connectivity index (χ1) is 12.5. The molecule has 2 amide bonds. The van der Waals surface area contributed by atoms with Gasteiger partial charge in [0.1, 0.15) is 0 Å². The van der Waals surface area contributed by atoms with Gasteiger partial charge in [0.05, 0.1) is 7.11 Å². The van der Waals surface area contributed by atoms with E-state index >= 15 is 0 Å². The van der Waals surface area contributed by atoms with Crippen molar-refractivity contribution < 1.29 is 19.1 Å². The molecule has 0 aromatic heterocycles. The Morgan fingerprint density at radius 1 is 1.15 bits per heavy atom. The van der Waals surface area contributed by atoms with Crippen LogP contribution >= 0.6 is 0 Å². The molecule has 1 aliphatic heterocycles. The molecule has 26 heavy (non-hydrogen) atoms. The molecule has 1 aliphatic rings. The lowest BCUT2D eigenvalue weighted by Gasteiger charge is -2.33. The minimum atomic E-state index is -0.0543. The van der Waals surface area contributed by atoms with Crippen molar-refractivity contribution in [3.05, 3.63) is 23.8 Å². The standard InChI is InChI=1S/C20H30N2O4/c1-5-21(6-2)20(24)16-9-11-22(12-10-16)19(23)14-26-17-8-7-15(3)13-18(17)25-4/h7-8,13,16H,5-6,9-12,14H2,1-4H3. The summed E-state index contributed by atoms with van der Waals surface area (Å²) in [6.45, 7) is 8.62. The van der Waals surface area contributed by atoms with Crippen molar-refractivity contribution in [1.29, 1.82) is 0 Å². The number of likely N-dealkylation sites (tertiary alicyclic amines) is 1. The quantitative estimate of drug-likeness (QED) is 0.748. The molecule has 0 aliphatic carbocycles. The van der Waals surface area contributed by atoms with E-state index in [-0.39, 0.29) is 24.3 Å². The minimum Gasteiger partial charge on any atom is -0.493 e. The number of hydrogen-bond acceptors (Lipinski definition) is 4. The van der Waals surface area contributed by atoms with E-state index in [1.165, 1.54) is 0 Å². The highest BCUT2D eigenvalue weighted by Gasteiger charge is 2.29. The largest absolute Gasteiger partial charge is 0.493 e. The molecular formula is C20H30N2O4. The van der Waals surface area contributed by atoms with E-state index in [1.54, 1.807) is 12.0 Å². The van der Waals surface area contributed by atoms with Crippen LogP contribution in [0.1, 0.15) is 32.3 Å². The summed E-state index contributed by atoms with van der Waals surface area (Å²) >= 11 is 0. The van der Waals surface area contributed by atoms with E-state index in [4.69, 9.17) is 9.47 Å². The van der Waals surface area contributed by atoms with Gasteiger partial charge < -0.3 is 19.3 Å². The van der Waals surface area contributed by atoms with Gasteiger partial charge >= 0.3 is 0 Å². The molecule has 0 atom stereocenters. The smallest absolute Gasteiger partial charge is 0.260 e. The van der Waals surface area contributed by atoms with Crippen LogP contribution in [0, 0.1) is 12.8 Å². The van der Waals surface area contributed by atoms with Gasteiger partial charge in [-0.25, -0.2) is 0 Å². The van der Waals surface area contributed by atoms with Crippen molar-refractivity contribution >= 4 is 11.8 Å². The summed E-state index contributed by atoms with van der Waals surface area (Å²) in [6.07, 6.45) is 1.43. The third kappa shape index (κ3) is 4.90. The normalized spacial score (nSPS) is 14.8. The molecule has 0 saturated carbocycles. The first-order valence-electron chi connectivity index (χ1n) is 9.34. The fourth-order valence-electron chi connectivity index (χ4n) is 3.29. The second-order valence-corrected chi connectivity index (χ2v) is 6.61. The summed E-state index contributed by atoms with van der Waals surface area (Å²) < 4.78 is 10.9. The molecule has 6 nitrogen and oxygen atoms in total. The van der Waals surface area contributed by atoms with Crippen molar-refractivity contribution in [1.82, 2.24) is 9.80 Å². The van der Waals surface area contributed by atoms with Gasteiger partial charge in [0.15, 0.2) is 18.1 Å². The molecular weight excluding hydrogens is 332 g/mol. The Morgan fingerprint density at radius 3 is 2.38 bits per heavy atom. The van der Waals surface area contributed by atoms with Gasteiger partial charge in [-0.15, -0.1) is 0 Å². The van der Waals surface area contributed by atoms with Crippen LogP contribution in [-0.4, -0.2) is 61.5 Å². The van der Waals surface area contributed by atoms with Crippen molar-refractivity contribution in [3.8, 4) is 11.5 Å². The fraction of sp³-hybridized carbons (Fsp3) is 0.600. The van der Waals surface area contributed by atoms with Crippen LogP contribution in [0.5, 0.6) is 11.5 Å². The Hall–Kier alpha value is -2.24. The average Bonchev–Trinajstić information content (AvgIpc) is 2.67. The highest BCUT2D eigenvalue weighted by atomic mass is 16.5. The van der Waals surface area contributed by atoms with Gasteiger partial charge in [-0.2, -0.15) is 0 Å². The lowest BCUT2D eigenvalue weighted by molar-refractivity contribution is -0.141. The van der Waals surface area contributed by atoms with Crippen LogP contribution in [0.25, 0.3) is 0 Å². The predicted molar refractivity (Wildman–Crippen MR) is 100 cm³/mol. The van der Waals surface area contributed by atoms with E-state index < -0.39 is 0 Å². The minimum absolute atomic E-state index is 0.0198. The van der Waals surface area contributed by atoms with Gasteiger partial charge in [0, 0.05) is 32.1 Å². The summed E-state index contributed by atoms with van der Waals surface area (Å²) in [5.41, 5.74) is 1.07. The molecule has 1 fully saturated rings. The van der Waals surface area contributed by atoms with Crippen LogP contribution in [0.15, 0.2) is 18.2 Å². The highest BCUT2D eigenvalue weighted by molar-refractivity contribution is 5.80. The van der Waals surface area contributed by atoms with Crippen molar-refractivity contribution in [3.63, 3.8) is 0 Å². The van der Waals surface area contributed by atoms with Crippen LogP contribution < -0.4 is 9.47 Å². The number of ether oxygens (including phenoxy) is 2. The topological polar surface area (TPSA) is 59.1 Å². The highest BCUT2D eigenvalue weighted by Crippen LogP contribution is 2.28. The first-order valence-corrected chi connectivity index (χ1v) is 9.34. The molecule has 1 aromatic rings. The number of nitrogens with zero attached hydrogens (tertiary/aromatic N) is 2. The zero-order valence-electron chi connectivity index (χ0n) is 16.3. The molecule has 2 rings (SSSR count). The van der Waals surface area contributed by atoms with Gasteiger partial charge in [-0.3, -0.25) is 9.59 Å². The van der Waals surface area contributed by atoms with E-state index in [9.17, 15) is 9.59 Å². The predicted octanol–water partition coefficient (Wildman–Crippen LogP) is 2.49. The second kappa shape index (κ2) is 9.46. The summed E-state index contributed by atoms with van der Waals surface area (Å²) in [4.78, 5) is 28.5. The fourth-order valence-corrected chi connectivity index (χ4v) is 3.29. The zero-order chi connectivity index (χ0) is 19.1. The Morgan fingerprint density at radius 2 is 1.81 bits per heavy atom. The maximum absolute atomic E-state index is 12.4. The van der Waals surface area contributed by atoms with Crippen molar-refractivity contribution in [2.45, 2.75) is 33.6 Å². The number of aryl methyl sites for hydroxylation is 1. The summed E-state index contributed by atoms with van der Waals surface area (Å²) in [6, 6.07) is 5.62. The maximum atomic E-state index is 12.4. The van der Waals surface area contributed by atoms with Crippen LogP contribution in [-0.2, 0) is 9.59 Å². The molecule has 6 heteroatoms. The summed E-state index contributed by atoms with van der Waals surface area (Å²) in [5.74, 6) is 1.38. The summed E-state index contributed by atoms with van der Waals surface area (Å²) in [7, 11) is 1.58. The monoisotopic (exact) mass is 362 g/mol. The summed E-state index contributed by atoms with van der Waals surface area (Å²) in [5, 5.41) is 0. The van der Waals surface area contributed by atoms with Crippen LogP contribution in [0.2, 0.25) is 0 Å². The number of amides is 2. The number of carbonyl (C=O) groups excluding carboxylic acids is 2. The Labute approximate surface area is 156 Å². The molecule has 144 valence electrons. The van der Waals surface area contributed by atoms with Gasteiger partial charge in [0.2, 0.25) is 5.91 Å². The van der Waals surface area contributed by atoms with Gasteiger partial charge in [0.25, 0.3) is 5.91 Å². The Bertz CT molecular complexity index is 620. The molecule has 1 heterocycles. The van der Waals surface area contributed by atoms with Gasteiger partial charge in [-0.1, -0.05) is 6.07 Å². The van der Waals surface area contributed by atoms with Crippen LogP contribution in [0.4, 0.5) is 0 Å². The maximum Gasteiger partial charge on any atom is 0.260 e. The van der Waals surface area contributed by atoms with Crippen LogP contribution in [0.3, 0.4) is 0 Å². The number of hydrogen-bond donors (Lipinski definition) is 0. The molecule has 0 unspecified atom stereocenters. The lowest BCUT2D eigenvalue weighted by atomic mass is 9.95. The third-order valence-electron chi connectivity index (χ3n) is 4.94. The average molecular weight is 362 g/mol. The first kappa shape index (κ1) is 20.1. The molecule has 0 spiro atoms. The number of carbonyl (C=O) groups is 2. The molecule has 0 radical (unpaired) electrons. The lowest BCUT2D eigenvalue weighted by Crippen LogP contribution is -2.45. The SMILES string of the molecule is CCN(CC)C(=O)C1CCN(C(=O)COc2ccc(C)cc2OC)CC1. The Kier molecular flexibility index (Phi) is 7.30. The van der Waals surface area contributed by atoms with E-state index in [2.05, 4.69) is 0 Å². The van der Waals surface area contributed by atoms with E-state index in [1.807, 2.05) is 43.9 Å². The number of rotatable bonds is 7. The van der Waals surface area contributed by atoms with E-state index in [0.717, 1.165) is 31.5 Å². The van der Waals surface area contributed by atoms with E-state index in [0.29, 0.717) is 24.6 Å². The third-order valence-corrected chi connectivity index (χ3v) is 4.94. The number of piperidine rings is 1. The second-order valence-electron chi connectivity index (χ2n) is 6.61. The van der Waals surface area contributed by atoms with Crippen molar-refractivity contribution in [2.75, 3.05) is 39.9 Å². The molecule has 1 aromatic carbocycles. The number of methoxy groups -OCH3 is 1. The van der Waals surface area contributed by atoms with Gasteiger partial charge in [-0.05, 0) is 51.3 Å². The molecule has 1 saturated heterocycles. The molecule has 0 bridgehead atoms. The zero-order valence-corrected chi connectivity index (χ0v) is 16.3. The van der Waals surface area contributed by atoms with Crippen molar-refractivity contribution in [2.24, 2.45) is 5.92 Å². The molecule has 0 N–H and O–H groups in total. The number of benzene rings is 1.